The molecule has 0 aliphatic heterocycles. The molecular weight excluding hydrogens is 198 g/mol. The fraction of sp³-hybridized carbons (Fsp3) is 0.615. The molecule has 0 spiro atoms. The van der Waals surface area contributed by atoms with Crippen molar-refractivity contribution < 1.29 is 0 Å². The van der Waals surface area contributed by atoms with Gasteiger partial charge >= 0.3 is 0 Å². The number of hydrogen-bond donors (Lipinski definition) is 1. The highest BCUT2D eigenvalue weighted by molar-refractivity contribution is 5.13. The molecule has 0 fully saturated rings. The highest BCUT2D eigenvalue weighted by Crippen LogP contribution is 2.05. The van der Waals surface area contributed by atoms with Crippen molar-refractivity contribution in [3.63, 3.8) is 0 Å². The quantitative estimate of drug-likeness (QED) is 0.767. The molecule has 90 valence electrons. The third kappa shape index (κ3) is 4.29. The van der Waals surface area contributed by atoms with E-state index in [4.69, 9.17) is 5.73 Å². The second-order valence-electron chi connectivity index (χ2n) is 4.14. The maximum absolute atomic E-state index is 5.55. The number of nitrogens with zero attached hydrogens (tertiary/aromatic N) is 2. The molecule has 16 heavy (non-hydrogen) atoms. The molecule has 0 unspecified atom stereocenters. The maximum Gasteiger partial charge on any atom is 0.0544 e. The summed E-state index contributed by atoms with van der Waals surface area (Å²) in [5.74, 6) is 0. The third-order valence-electron chi connectivity index (χ3n) is 2.59. The molecule has 0 aliphatic rings. The van der Waals surface area contributed by atoms with Gasteiger partial charge in [0.05, 0.1) is 5.69 Å². The lowest BCUT2D eigenvalue weighted by Gasteiger charge is -2.20. The van der Waals surface area contributed by atoms with E-state index in [-0.39, 0.29) is 0 Å². The van der Waals surface area contributed by atoms with Crippen LogP contribution in [0.15, 0.2) is 18.3 Å². The first-order valence-electron chi connectivity index (χ1n) is 6.16. The second kappa shape index (κ2) is 7.36. The Kier molecular flexibility index (Phi) is 6.04. The van der Waals surface area contributed by atoms with Crippen LogP contribution in [0.4, 0.5) is 0 Å². The van der Waals surface area contributed by atoms with Gasteiger partial charge in [-0.05, 0) is 37.6 Å². The highest BCUT2D eigenvalue weighted by atomic mass is 15.1. The molecule has 1 heterocycles. The first kappa shape index (κ1) is 13.1. The molecule has 0 atom stereocenters. The molecule has 0 aromatic carbocycles. The van der Waals surface area contributed by atoms with Gasteiger partial charge in [-0.2, -0.15) is 0 Å². The number of hydrogen-bond acceptors (Lipinski definition) is 3. The smallest absolute Gasteiger partial charge is 0.0544 e. The van der Waals surface area contributed by atoms with Crippen LogP contribution in [0.1, 0.15) is 37.9 Å². The molecule has 0 radical (unpaired) electrons. The highest BCUT2D eigenvalue weighted by Gasteiger charge is 2.04. The Bertz CT molecular complexity index is 276. The number of nitrogens with two attached hydrogens (primary N) is 1. The lowest BCUT2D eigenvalue weighted by Crippen LogP contribution is -2.25. The SMILES string of the molecule is CCCN(CCC)Cc1ccc(CN)cn1. The molecule has 0 aliphatic carbocycles. The van der Waals surface area contributed by atoms with Crippen molar-refractivity contribution in [2.45, 2.75) is 39.8 Å². The Balaban J connectivity index is 2.54. The van der Waals surface area contributed by atoms with Crippen LogP contribution in [-0.4, -0.2) is 23.0 Å². The largest absolute Gasteiger partial charge is 0.326 e. The molecule has 0 saturated heterocycles. The average Bonchev–Trinajstić information content (AvgIpc) is 2.31. The van der Waals surface area contributed by atoms with Gasteiger partial charge in [0.25, 0.3) is 0 Å². The zero-order chi connectivity index (χ0) is 11.8. The minimum Gasteiger partial charge on any atom is -0.326 e. The summed E-state index contributed by atoms with van der Waals surface area (Å²) in [6, 6.07) is 4.15. The molecule has 0 saturated carbocycles. The zero-order valence-electron chi connectivity index (χ0n) is 10.4. The van der Waals surface area contributed by atoms with E-state index in [1.54, 1.807) is 0 Å². The minimum atomic E-state index is 0.570. The van der Waals surface area contributed by atoms with Crippen LogP contribution in [0.3, 0.4) is 0 Å². The zero-order valence-corrected chi connectivity index (χ0v) is 10.4. The van der Waals surface area contributed by atoms with Crippen LogP contribution in [0, 0.1) is 0 Å². The van der Waals surface area contributed by atoms with E-state index in [2.05, 4.69) is 35.9 Å². The van der Waals surface area contributed by atoms with Crippen LogP contribution < -0.4 is 5.73 Å². The molecule has 1 rings (SSSR count). The molecular formula is C13H23N3. The monoisotopic (exact) mass is 221 g/mol. The van der Waals surface area contributed by atoms with Gasteiger partial charge in [-0.25, -0.2) is 0 Å². The summed E-state index contributed by atoms with van der Waals surface area (Å²) in [7, 11) is 0. The van der Waals surface area contributed by atoms with Gasteiger partial charge in [-0.15, -0.1) is 0 Å². The number of pyridine rings is 1. The van der Waals surface area contributed by atoms with Gasteiger partial charge in [-0.1, -0.05) is 19.9 Å². The van der Waals surface area contributed by atoms with Crippen molar-refractivity contribution >= 4 is 0 Å². The maximum atomic E-state index is 5.55. The van der Waals surface area contributed by atoms with E-state index >= 15 is 0 Å². The van der Waals surface area contributed by atoms with E-state index in [0.29, 0.717) is 6.54 Å². The lowest BCUT2D eigenvalue weighted by atomic mass is 10.2. The van der Waals surface area contributed by atoms with Crippen LogP contribution in [0.2, 0.25) is 0 Å². The van der Waals surface area contributed by atoms with Crippen molar-refractivity contribution in [1.82, 2.24) is 9.88 Å². The van der Waals surface area contributed by atoms with E-state index in [9.17, 15) is 0 Å². The fourth-order valence-corrected chi connectivity index (χ4v) is 1.80. The second-order valence-corrected chi connectivity index (χ2v) is 4.14. The molecule has 0 bridgehead atoms. The number of aromatic nitrogens is 1. The van der Waals surface area contributed by atoms with Gasteiger partial charge in [-0.3, -0.25) is 9.88 Å². The molecule has 3 nitrogen and oxygen atoms in total. The standard InChI is InChI=1S/C13H23N3/c1-3-7-16(8-4-2)11-13-6-5-12(9-14)10-15-13/h5-6,10H,3-4,7-9,11,14H2,1-2H3. The summed E-state index contributed by atoms with van der Waals surface area (Å²) in [5, 5.41) is 0. The summed E-state index contributed by atoms with van der Waals surface area (Å²) in [6.45, 7) is 8.25. The Hall–Kier alpha value is -0.930. The topological polar surface area (TPSA) is 42.1 Å². The summed E-state index contributed by atoms with van der Waals surface area (Å²) in [5.41, 5.74) is 7.78. The van der Waals surface area contributed by atoms with Crippen LogP contribution in [-0.2, 0) is 13.1 Å². The summed E-state index contributed by atoms with van der Waals surface area (Å²) in [4.78, 5) is 6.88. The third-order valence-corrected chi connectivity index (χ3v) is 2.59. The molecule has 1 aromatic rings. The van der Waals surface area contributed by atoms with Crippen molar-refractivity contribution in [1.29, 1.82) is 0 Å². The van der Waals surface area contributed by atoms with Gasteiger partial charge in [0.2, 0.25) is 0 Å². The Labute approximate surface area is 98.7 Å². The fourth-order valence-electron chi connectivity index (χ4n) is 1.80. The van der Waals surface area contributed by atoms with E-state index < -0.39 is 0 Å². The number of rotatable bonds is 7. The Morgan fingerprint density at radius 1 is 1.19 bits per heavy atom. The molecule has 3 heteroatoms. The van der Waals surface area contributed by atoms with E-state index in [0.717, 1.165) is 30.9 Å². The first-order valence-corrected chi connectivity index (χ1v) is 6.16. The van der Waals surface area contributed by atoms with E-state index in [1.165, 1.54) is 12.8 Å². The van der Waals surface area contributed by atoms with Crippen molar-refractivity contribution in [3.05, 3.63) is 29.6 Å². The predicted octanol–water partition coefficient (Wildman–Crippen LogP) is 2.16. The van der Waals surface area contributed by atoms with Gasteiger partial charge in [0.15, 0.2) is 0 Å². The van der Waals surface area contributed by atoms with Crippen molar-refractivity contribution in [2.24, 2.45) is 5.73 Å². The van der Waals surface area contributed by atoms with Gasteiger partial charge in [0.1, 0.15) is 0 Å². The van der Waals surface area contributed by atoms with Crippen molar-refractivity contribution in [3.8, 4) is 0 Å². The predicted molar refractivity (Wildman–Crippen MR) is 68.0 cm³/mol. The van der Waals surface area contributed by atoms with Crippen LogP contribution >= 0.6 is 0 Å². The van der Waals surface area contributed by atoms with Gasteiger partial charge < -0.3 is 5.73 Å². The van der Waals surface area contributed by atoms with Crippen LogP contribution in [0.5, 0.6) is 0 Å². The lowest BCUT2D eigenvalue weighted by molar-refractivity contribution is 0.263. The van der Waals surface area contributed by atoms with Crippen LogP contribution in [0.25, 0.3) is 0 Å². The average molecular weight is 221 g/mol. The van der Waals surface area contributed by atoms with E-state index in [1.807, 2.05) is 6.20 Å². The normalized spacial score (nSPS) is 11.0. The molecule has 1 aromatic heterocycles. The minimum absolute atomic E-state index is 0.570. The van der Waals surface area contributed by atoms with Crippen molar-refractivity contribution in [2.75, 3.05) is 13.1 Å². The van der Waals surface area contributed by atoms with Gasteiger partial charge in [0, 0.05) is 19.3 Å². The molecule has 0 amide bonds. The summed E-state index contributed by atoms with van der Waals surface area (Å²) >= 11 is 0. The summed E-state index contributed by atoms with van der Waals surface area (Å²) in [6.07, 6.45) is 4.27. The molecule has 2 N–H and O–H groups in total. The Morgan fingerprint density at radius 2 is 1.88 bits per heavy atom. The summed E-state index contributed by atoms with van der Waals surface area (Å²) < 4.78 is 0. The first-order chi connectivity index (χ1) is 7.80. The Morgan fingerprint density at radius 3 is 2.31 bits per heavy atom.